The summed E-state index contributed by atoms with van der Waals surface area (Å²) in [5, 5.41) is 9.57. The second-order valence-corrected chi connectivity index (χ2v) is 4.43. The largest absolute Gasteiger partial charge is 0.386 e. The van der Waals surface area contributed by atoms with Crippen molar-refractivity contribution < 1.29 is 5.11 Å². The fraction of sp³-hybridized carbons (Fsp3) is 0.167. The maximum atomic E-state index is 9.57. The molecule has 0 saturated carbocycles. The molecule has 0 saturated heterocycles. The lowest BCUT2D eigenvalue weighted by atomic mass is 10.2. The molecule has 0 aliphatic carbocycles. The van der Waals surface area contributed by atoms with E-state index in [2.05, 4.69) is 12.1 Å². The summed E-state index contributed by atoms with van der Waals surface area (Å²) >= 11 is 1.59. The predicted octanol–water partition coefficient (Wildman–Crippen LogP) is 2.41. The second kappa shape index (κ2) is 4.57. The summed E-state index contributed by atoms with van der Waals surface area (Å²) in [5.41, 5.74) is 6.59. The zero-order chi connectivity index (χ0) is 10.7. The summed E-state index contributed by atoms with van der Waals surface area (Å²) < 4.78 is 0. The van der Waals surface area contributed by atoms with Gasteiger partial charge in [-0.1, -0.05) is 30.3 Å². The van der Waals surface area contributed by atoms with Gasteiger partial charge in [-0.3, -0.25) is 0 Å². The summed E-state index contributed by atoms with van der Waals surface area (Å²) in [7, 11) is 0. The Morgan fingerprint density at radius 1 is 1.13 bits per heavy atom. The van der Waals surface area contributed by atoms with Crippen molar-refractivity contribution in [1.29, 1.82) is 0 Å². The van der Waals surface area contributed by atoms with Crippen LogP contribution in [-0.4, -0.2) is 11.7 Å². The fourth-order valence-corrected chi connectivity index (χ4v) is 2.42. The lowest BCUT2D eigenvalue weighted by molar-refractivity contribution is 0.190. The van der Waals surface area contributed by atoms with Crippen LogP contribution in [-0.2, 0) is 0 Å². The van der Waals surface area contributed by atoms with E-state index >= 15 is 0 Å². The molecule has 1 aromatic heterocycles. The van der Waals surface area contributed by atoms with Crippen molar-refractivity contribution in [2.45, 2.75) is 6.10 Å². The van der Waals surface area contributed by atoms with Crippen LogP contribution < -0.4 is 5.73 Å². The number of rotatable bonds is 3. The Bertz CT molecular complexity index is 424. The van der Waals surface area contributed by atoms with Gasteiger partial charge in [-0.05, 0) is 17.7 Å². The molecule has 2 rings (SSSR count). The van der Waals surface area contributed by atoms with Gasteiger partial charge in [0.15, 0.2) is 0 Å². The third-order valence-electron chi connectivity index (χ3n) is 2.24. The molecule has 0 bridgehead atoms. The zero-order valence-electron chi connectivity index (χ0n) is 8.26. The number of benzene rings is 1. The van der Waals surface area contributed by atoms with Gasteiger partial charge in [0.25, 0.3) is 0 Å². The first-order valence-electron chi connectivity index (χ1n) is 4.84. The Kier molecular flexibility index (Phi) is 3.16. The minimum Gasteiger partial charge on any atom is -0.386 e. The topological polar surface area (TPSA) is 46.2 Å². The minimum atomic E-state index is -0.535. The van der Waals surface area contributed by atoms with Gasteiger partial charge in [0, 0.05) is 16.3 Å². The minimum absolute atomic E-state index is 0.273. The van der Waals surface area contributed by atoms with Crippen molar-refractivity contribution in [3.05, 3.63) is 47.3 Å². The van der Waals surface area contributed by atoms with Crippen molar-refractivity contribution in [1.82, 2.24) is 0 Å². The monoisotopic (exact) mass is 219 g/mol. The highest BCUT2D eigenvalue weighted by Gasteiger charge is 2.08. The first-order chi connectivity index (χ1) is 7.31. The second-order valence-electron chi connectivity index (χ2n) is 3.32. The van der Waals surface area contributed by atoms with E-state index in [1.54, 1.807) is 11.3 Å². The Hall–Kier alpha value is -1.16. The van der Waals surface area contributed by atoms with Crippen LogP contribution in [0.2, 0.25) is 0 Å². The van der Waals surface area contributed by atoms with E-state index in [1.807, 2.05) is 30.3 Å². The average molecular weight is 219 g/mol. The molecule has 0 aliphatic rings. The number of aliphatic hydroxyl groups is 1. The maximum Gasteiger partial charge on any atom is 0.100 e. The van der Waals surface area contributed by atoms with Gasteiger partial charge in [0.1, 0.15) is 6.10 Å². The van der Waals surface area contributed by atoms with E-state index in [4.69, 9.17) is 5.73 Å². The third kappa shape index (κ3) is 2.26. The summed E-state index contributed by atoms with van der Waals surface area (Å²) in [6.45, 7) is 0.273. The van der Waals surface area contributed by atoms with Crippen LogP contribution in [0.4, 0.5) is 0 Å². The van der Waals surface area contributed by atoms with Crippen LogP contribution in [0.5, 0.6) is 0 Å². The summed E-state index contributed by atoms with van der Waals surface area (Å²) in [6, 6.07) is 14.1. The van der Waals surface area contributed by atoms with Crippen LogP contribution in [0, 0.1) is 0 Å². The molecule has 78 valence electrons. The standard InChI is InChI=1S/C12H13NOS/c13-8-10(14)12-7-6-11(15-12)9-4-2-1-3-5-9/h1-7,10,14H,8,13H2/t10-/m1/s1. The molecule has 1 atom stereocenters. The van der Waals surface area contributed by atoms with E-state index in [0.717, 1.165) is 9.75 Å². The normalized spacial score (nSPS) is 12.7. The molecule has 3 heteroatoms. The first kappa shape index (κ1) is 10.4. The van der Waals surface area contributed by atoms with Gasteiger partial charge >= 0.3 is 0 Å². The average Bonchev–Trinajstić information content (AvgIpc) is 2.78. The number of aliphatic hydroxyl groups excluding tert-OH is 1. The van der Waals surface area contributed by atoms with Gasteiger partial charge in [0.05, 0.1) is 0 Å². The quantitative estimate of drug-likeness (QED) is 0.832. The highest BCUT2D eigenvalue weighted by Crippen LogP contribution is 2.30. The molecule has 1 heterocycles. The van der Waals surface area contributed by atoms with Crippen LogP contribution >= 0.6 is 11.3 Å². The van der Waals surface area contributed by atoms with Crippen molar-refractivity contribution >= 4 is 11.3 Å². The first-order valence-corrected chi connectivity index (χ1v) is 5.66. The Morgan fingerprint density at radius 2 is 1.87 bits per heavy atom. The number of nitrogens with two attached hydrogens (primary N) is 1. The highest BCUT2D eigenvalue weighted by atomic mass is 32.1. The Balaban J connectivity index is 2.28. The number of thiophene rings is 1. The van der Waals surface area contributed by atoms with Crippen LogP contribution in [0.1, 0.15) is 11.0 Å². The van der Waals surface area contributed by atoms with E-state index in [9.17, 15) is 5.11 Å². The maximum absolute atomic E-state index is 9.57. The lowest BCUT2D eigenvalue weighted by Crippen LogP contribution is -2.09. The molecule has 2 aromatic rings. The van der Waals surface area contributed by atoms with Gasteiger partial charge in [-0.25, -0.2) is 0 Å². The van der Waals surface area contributed by atoms with Crippen molar-refractivity contribution in [2.24, 2.45) is 5.73 Å². The molecule has 0 spiro atoms. The summed E-state index contributed by atoms with van der Waals surface area (Å²) in [5.74, 6) is 0. The Morgan fingerprint density at radius 3 is 2.53 bits per heavy atom. The lowest BCUT2D eigenvalue weighted by Gasteiger charge is -2.02. The summed E-state index contributed by atoms with van der Waals surface area (Å²) in [4.78, 5) is 2.09. The molecule has 1 aromatic carbocycles. The number of hydrogen-bond acceptors (Lipinski definition) is 3. The molecule has 3 N–H and O–H groups in total. The number of hydrogen-bond donors (Lipinski definition) is 2. The van der Waals surface area contributed by atoms with Crippen LogP contribution in [0.15, 0.2) is 42.5 Å². The SMILES string of the molecule is NC[C@@H](O)c1ccc(-c2ccccc2)s1. The van der Waals surface area contributed by atoms with Gasteiger partial charge in [-0.2, -0.15) is 0 Å². The van der Waals surface area contributed by atoms with E-state index in [0.29, 0.717) is 0 Å². The third-order valence-corrected chi connectivity index (χ3v) is 3.47. The molecule has 2 nitrogen and oxygen atoms in total. The molecular weight excluding hydrogens is 206 g/mol. The Labute approximate surface area is 93.0 Å². The molecule has 0 radical (unpaired) electrons. The van der Waals surface area contributed by atoms with Gasteiger partial charge in [-0.15, -0.1) is 11.3 Å². The van der Waals surface area contributed by atoms with E-state index < -0.39 is 6.10 Å². The molecule has 0 unspecified atom stereocenters. The van der Waals surface area contributed by atoms with Crippen molar-refractivity contribution in [3.63, 3.8) is 0 Å². The smallest absolute Gasteiger partial charge is 0.100 e. The van der Waals surface area contributed by atoms with Crippen molar-refractivity contribution in [3.8, 4) is 10.4 Å². The molecule has 0 amide bonds. The van der Waals surface area contributed by atoms with Crippen LogP contribution in [0.3, 0.4) is 0 Å². The molecule has 0 aliphatic heterocycles. The molecule has 0 fully saturated rings. The summed E-state index contributed by atoms with van der Waals surface area (Å²) in [6.07, 6.45) is -0.535. The van der Waals surface area contributed by atoms with Crippen LogP contribution in [0.25, 0.3) is 10.4 Å². The highest BCUT2D eigenvalue weighted by molar-refractivity contribution is 7.15. The van der Waals surface area contributed by atoms with Gasteiger partial charge in [0.2, 0.25) is 0 Å². The molecule has 15 heavy (non-hydrogen) atoms. The van der Waals surface area contributed by atoms with E-state index in [-0.39, 0.29) is 6.54 Å². The zero-order valence-corrected chi connectivity index (χ0v) is 9.08. The van der Waals surface area contributed by atoms with E-state index in [1.165, 1.54) is 5.56 Å². The van der Waals surface area contributed by atoms with Crippen molar-refractivity contribution in [2.75, 3.05) is 6.54 Å². The predicted molar refractivity (Wildman–Crippen MR) is 63.8 cm³/mol. The van der Waals surface area contributed by atoms with Gasteiger partial charge < -0.3 is 10.8 Å². The molecular formula is C12H13NOS. The fourth-order valence-electron chi connectivity index (χ4n) is 1.41.